The maximum Gasteiger partial charge on any atom is 0.339 e. The zero-order valence-corrected chi connectivity index (χ0v) is 31.7. The lowest BCUT2D eigenvalue weighted by Gasteiger charge is -2.45. The van der Waals surface area contributed by atoms with Gasteiger partial charge in [0.1, 0.15) is 12.2 Å². The van der Waals surface area contributed by atoms with Crippen LogP contribution in [0.25, 0.3) is 11.1 Å². The van der Waals surface area contributed by atoms with E-state index in [4.69, 9.17) is 56.8 Å². The molecule has 0 amide bonds. The molecule has 4 aromatic rings. The first-order valence-corrected chi connectivity index (χ1v) is 17.4. The number of benzene rings is 4. The number of hydrogen-bond donors (Lipinski definition) is 0. The molecule has 0 radical (unpaired) electrons. The largest absolute Gasteiger partial charge is 0.493 e. The third-order valence-corrected chi connectivity index (χ3v) is 9.34. The van der Waals surface area contributed by atoms with Crippen molar-refractivity contribution < 1.29 is 66.4 Å². The minimum absolute atomic E-state index is 0.0382. The van der Waals surface area contributed by atoms with Crippen molar-refractivity contribution in [3.8, 4) is 45.6 Å². The summed E-state index contributed by atoms with van der Waals surface area (Å²) in [6.07, 6.45) is -5.76. The van der Waals surface area contributed by atoms with Crippen LogP contribution >= 0.6 is 0 Å². The molecule has 0 unspecified atom stereocenters. The number of methoxy groups -OCH3 is 7. The molecular formula is C41H44O14. The average Bonchev–Trinajstić information content (AvgIpc) is 3.22. The fourth-order valence-electron chi connectivity index (χ4n) is 6.79. The van der Waals surface area contributed by atoms with E-state index in [-0.39, 0.29) is 76.6 Å². The van der Waals surface area contributed by atoms with Gasteiger partial charge in [-0.2, -0.15) is 0 Å². The Kier molecular flexibility index (Phi) is 12.6. The summed E-state index contributed by atoms with van der Waals surface area (Å²) in [5.41, 5.74) is 1.78. The second-order valence-electron chi connectivity index (χ2n) is 12.4. The number of carbonyl (C=O) groups excluding carboxylic acids is 2. The highest BCUT2D eigenvalue weighted by molar-refractivity contribution is 6.09. The summed E-state index contributed by atoms with van der Waals surface area (Å²) in [7, 11) is 9.88. The average molecular weight is 761 g/mol. The smallest absolute Gasteiger partial charge is 0.339 e. The van der Waals surface area contributed by atoms with Gasteiger partial charge in [0.15, 0.2) is 41.5 Å². The van der Waals surface area contributed by atoms with E-state index in [1.54, 1.807) is 0 Å². The summed E-state index contributed by atoms with van der Waals surface area (Å²) in [5, 5.41) is 0. The zero-order chi connectivity index (χ0) is 39.1. The van der Waals surface area contributed by atoms with Gasteiger partial charge in [-0.1, -0.05) is 60.7 Å². The quantitative estimate of drug-likeness (QED) is 0.146. The topological polar surface area (TPSA) is 145 Å². The van der Waals surface area contributed by atoms with Crippen molar-refractivity contribution in [3.63, 3.8) is 0 Å². The van der Waals surface area contributed by atoms with Crippen molar-refractivity contribution in [2.75, 3.05) is 56.4 Å². The van der Waals surface area contributed by atoms with Crippen LogP contribution < -0.4 is 28.4 Å². The summed E-state index contributed by atoms with van der Waals surface area (Å²) in [6.45, 7) is 0.234. The Balaban J connectivity index is 1.56. The van der Waals surface area contributed by atoms with Crippen LogP contribution in [0.3, 0.4) is 0 Å². The van der Waals surface area contributed by atoms with Crippen LogP contribution in [0.15, 0.2) is 72.8 Å². The number of ether oxygens (including phenoxy) is 12. The van der Waals surface area contributed by atoms with Crippen molar-refractivity contribution in [1.29, 1.82) is 0 Å². The second-order valence-corrected chi connectivity index (χ2v) is 12.4. The first-order valence-electron chi connectivity index (χ1n) is 17.4. The number of rotatable bonds is 14. The standard InChI is InChI=1S/C41H44O14/c1-44-27-18-25-30(35(48-5)32(27)46-3)31-26(19-28(45-2)33(47-4)36(31)49-6)40(43)55-37-34(54-39(25)42)29(22-51-20-23-14-10-8-11-15-23)53-41(50-7)38(37)52-21-24-16-12-9-13-17-24/h8-19,29,34,37-38,41H,20-22H2,1-7H3/t29-,34+,37+,38-,41+/m1/s1. The van der Waals surface area contributed by atoms with Gasteiger partial charge in [-0.25, -0.2) is 9.59 Å². The maximum atomic E-state index is 14.8. The predicted octanol–water partition coefficient (Wildman–Crippen LogP) is 5.64. The van der Waals surface area contributed by atoms with Crippen molar-refractivity contribution in [3.05, 3.63) is 95.1 Å². The minimum atomic E-state index is -1.29. The zero-order valence-electron chi connectivity index (χ0n) is 31.7. The first kappa shape index (κ1) is 39.2. The Morgan fingerprint density at radius 1 is 0.564 bits per heavy atom. The van der Waals surface area contributed by atoms with Crippen LogP contribution in [-0.4, -0.2) is 99.0 Å². The molecule has 0 aromatic heterocycles. The molecule has 1 fully saturated rings. The van der Waals surface area contributed by atoms with Crippen LogP contribution in [0, 0.1) is 0 Å². The third-order valence-electron chi connectivity index (χ3n) is 9.34. The van der Waals surface area contributed by atoms with Gasteiger partial charge in [-0.05, 0) is 23.3 Å². The molecule has 1 saturated heterocycles. The molecule has 0 spiro atoms. The molecule has 0 aliphatic carbocycles. The lowest BCUT2D eigenvalue weighted by molar-refractivity contribution is -0.306. The van der Waals surface area contributed by atoms with Crippen molar-refractivity contribution in [1.82, 2.24) is 0 Å². The molecule has 14 heteroatoms. The predicted molar refractivity (Wildman–Crippen MR) is 196 cm³/mol. The summed E-state index contributed by atoms with van der Waals surface area (Å²) in [6, 6.07) is 21.8. The van der Waals surface area contributed by atoms with Gasteiger partial charge in [0.05, 0.1) is 73.6 Å². The van der Waals surface area contributed by atoms with Crippen LogP contribution in [0.5, 0.6) is 34.5 Å². The van der Waals surface area contributed by atoms with E-state index in [9.17, 15) is 9.59 Å². The minimum Gasteiger partial charge on any atom is -0.493 e. The molecule has 14 nitrogen and oxygen atoms in total. The van der Waals surface area contributed by atoms with Gasteiger partial charge in [-0.15, -0.1) is 0 Å². The first-order chi connectivity index (χ1) is 26.8. The monoisotopic (exact) mass is 760 g/mol. The Bertz CT molecular complexity index is 1950. The Labute approximate surface area is 318 Å². The van der Waals surface area contributed by atoms with Crippen molar-refractivity contribution in [2.45, 2.75) is 43.9 Å². The van der Waals surface area contributed by atoms with Gasteiger partial charge in [0, 0.05) is 18.2 Å². The Morgan fingerprint density at radius 3 is 1.49 bits per heavy atom. The van der Waals surface area contributed by atoms with Gasteiger partial charge >= 0.3 is 11.9 Å². The van der Waals surface area contributed by atoms with Crippen molar-refractivity contribution >= 4 is 11.9 Å². The number of carbonyl (C=O) groups is 2. The summed E-state index contributed by atoms with van der Waals surface area (Å²) in [5.74, 6) is -1.05. The highest BCUT2D eigenvalue weighted by atomic mass is 16.7. The van der Waals surface area contributed by atoms with Crippen LogP contribution in [0.4, 0.5) is 0 Å². The third kappa shape index (κ3) is 7.85. The van der Waals surface area contributed by atoms with E-state index in [1.165, 1.54) is 61.9 Å². The molecule has 4 aromatic carbocycles. The van der Waals surface area contributed by atoms with Crippen molar-refractivity contribution in [2.24, 2.45) is 0 Å². The molecule has 2 heterocycles. The van der Waals surface area contributed by atoms with Gasteiger partial charge in [-0.3, -0.25) is 0 Å². The molecule has 0 N–H and O–H groups in total. The molecule has 55 heavy (non-hydrogen) atoms. The molecule has 2 aliphatic heterocycles. The van der Waals surface area contributed by atoms with E-state index >= 15 is 0 Å². The van der Waals surface area contributed by atoms with E-state index in [0.29, 0.717) is 0 Å². The summed E-state index contributed by atoms with van der Waals surface area (Å²) >= 11 is 0. The van der Waals surface area contributed by atoms with Crippen LogP contribution in [0.1, 0.15) is 31.8 Å². The molecular weight excluding hydrogens is 716 g/mol. The van der Waals surface area contributed by atoms with Gasteiger partial charge in [0.25, 0.3) is 0 Å². The Hall–Kier alpha value is -5.54. The van der Waals surface area contributed by atoms with Gasteiger partial charge in [0.2, 0.25) is 11.5 Å². The highest BCUT2D eigenvalue weighted by Gasteiger charge is 2.53. The lowest BCUT2D eigenvalue weighted by Crippen LogP contribution is -2.62. The highest BCUT2D eigenvalue weighted by Crippen LogP contribution is 2.55. The fourth-order valence-corrected chi connectivity index (χ4v) is 6.79. The molecule has 5 atom stereocenters. The Morgan fingerprint density at radius 2 is 1.04 bits per heavy atom. The van der Waals surface area contributed by atoms with E-state index in [2.05, 4.69) is 0 Å². The maximum absolute atomic E-state index is 14.8. The van der Waals surface area contributed by atoms with E-state index < -0.39 is 42.6 Å². The molecule has 292 valence electrons. The molecule has 6 rings (SSSR count). The SMILES string of the molecule is COc1cc2c(c(OC)c1OC)-c1c(cc(OC)c(OC)c1OC)C(=O)O[C@@H]1[C@H](OC2=O)[C@@H](OCc2ccccc2)[C@@H](OC)O[C@@H]1COCc1ccccc1. The normalized spacial score (nSPS) is 20.5. The van der Waals surface area contributed by atoms with E-state index in [1.807, 2.05) is 60.7 Å². The molecule has 0 bridgehead atoms. The second kappa shape index (κ2) is 17.7. The summed E-state index contributed by atoms with van der Waals surface area (Å²) < 4.78 is 72.0. The van der Waals surface area contributed by atoms with E-state index in [0.717, 1.165) is 11.1 Å². The fraction of sp³-hybridized carbons (Fsp3) is 0.366. The van der Waals surface area contributed by atoms with Crippen LogP contribution in [-0.2, 0) is 41.6 Å². The number of esters is 2. The molecule has 0 saturated carbocycles. The van der Waals surface area contributed by atoms with Gasteiger partial charge < -0.3 is 56.8 Å². The lowest BCUT2D eigenvalue weighted by atomic mass is 9.90. The molecule has 2 aliphatic rings. The number of hydrogen-bond acceptors (Lipinski definition) is 14. The van der Waals surface area contributed by atoms with Crippen LogP contribution in [0.2, 0.25) is 0 Å². The number of fused-ring (bicyclic) bond motifs is 4. The summed E-state index contributed by atoms with van der Waals surface area (Å²) in [4.78, 5) is 29.6.